The lowest BCUT2D eigenvalue weighted by Crippen LogP contribution is -2.36. The molecule has 5 nitrogen and oxygen atoms in total. The number of nitrogens with one attached hydrogen (secondary N) is 2. The van der Waals surface area contributed by atoms with Crippen LogP contribution in [0.2, 0.25) is 0 Å². The Balaban J connectivity index is 1.75. The van der Waals surface area contributed by atoms with Gasteiger partial charge in [0.1, 0.15) is 11.4 Å². The number of aromatic hydroxyl groups is 1. The van der Waals surface area contributed by atoms with Crippen LogP contribution in [-0.2, 0) is 11.3 Å². The molecule has 1 amide bonds. The zero-order valence-corrected chi connectivity index (χ0v) is 13.1. The minimum Gasteiger partial charge on any atom is -0.507 e. The van der Waals surface area contributed by atoms with E-state index in [1.807, 2.05) is 45.9 Å². The molecular formula is C16H24N2O3. The second kappa shape index (κ2) is 5.93. The predicted molar refractivity (Wildman–Crippen MR) is 81.2 cm³/mol. The number of hydrogen-bond donors (Lipinski definition) is 3. The third-order valence-corrected chi connectivity index (χ3v) is 3.37. The van der Waals surface area contributed by atoms with Crippen LogP contribution in [-0.4, -0.2) is 28.9 Å². The number of alkyl carbamates (subject to hydrolysis) is 1. The quantitative estimate of drug-likeness (QED) is 0.797. The highest BCUT2D eigenvalue weighted by atomic mass is 16.6. The Morgan fingerprint density at radius 1 is 1.38 bits per heavy atom. The minimum atomic E-state index is -0.477. The van der Waals surface area contributed by atoms with Crippen molar-refractivity contribution in [1.82, 2.24) is 10.6 Å². The number of para-hydroxylation sites is 1. The van der Waals surface area contributed by atoms with E-state index in [1.54, 1.807) is 0 Å². The number of aryl methyl sites for hydroxylation is 1. The van der Waals surface area contributed by atoms with Crippen LogP contribution in [0.4, 0.5) is 4.79 Å². The van der Waals surface area contributed by atoms with Crippen LogP contribution in [0.15, 0.2) is 18.2 Å². The molecule has 1 fully saturated rings. The number of benzene rings is 1. The zero-order chi connectivity index (χ0) is 15.6. The zero-order valence-electron chi connectivity index (χ0n) is 13.1. The minimum absolute atomic E-state index is 0.104. The van der Waals surface area contributed by atoms with Gasteiger partial charge in [0.05, 0.1) is 0 Å². The Labute approximate surface area is 125 Å². The summed E-state index contributed by atoms with van der Waals surface area (Å²) in [6.07, 6.45) is 0.501. The number of amides is 1. The fourth-order valence-corrected chi connectivity index (χ4v) is 2.14. The van der Waals surface area contributed by atoms with Crippen molar-refractivity contribution in [2.45, 2.75) is 58.3 Å². The van der Waals surface area contributed by atoms with Crippen molar-refractivity contribution in [3.63, 3.8) is 0 Å². The van der Waals surface area contributed by atoms with Crippen molar-refractivity contribution in [2.75, 3.05) is 0 Å². The highest BCUT2D eigenvalue weighted by Crippen LogP contribution is 2.25. The lowest BCUT2D eigenvalue weighted by Gasteiger charge is -2.19. The number of carbonyl (C=O) groups is 1. The van der Waals surface area contributed by atoms with Gasteiger partial charge in [-0.05, 0) is 39.7 Å². The van der Waals surface area contributed by atoms with Crippen LogP contribution in [0.25, 0.3) is 0 Å². The van der Waals surface area contributed by atoms with Crippen LogP contribution in [0.5, 0.6) is 5.75 Å². The first-order valence-electron chi connectivity index (χ1n) is 7.26. The third-order valence-electron chi connectivity index (χ3n) is 3.37. The number of ether oxygens (including phenoxy) is 1. The molecule has 1 saturated carbocycles. The first kappa shape index (κ1) is 15.6. The highest BCUT2D eigenvalue weighted by molar-refractivity contribution is 5.68. The second-order valence-electron chi connectivity index (χ2n) is 6.56. The van der Waals surface area contributed by atoms with E-state index in [-0.39, 0.29) is 18.2 Å². The number of carbonyl (C=O) groups excluding carboxylic acids is 1. The third kappa shape index (κ3) is 4.63. The van der Waals surface area contributed by atoms with Crippen molar-refractivity contribution >= 4 is 6.09 Å². The summed E-state index contributed by atoms with van der Waals surface area (Å²) in [5, 5.41) is 16.1. The Morgan fingerprint density at radius 3 is 2.76 bits per heavy atom. The molecule has 2 rings (SSSR count). The summed E-state index contributed by atoms with van der Waals surface area (Å²) >= 11 is 0. The van der Waals surface area contributed by atoms with Gasteiger partial charge in [-0.2, -0.15) is 0 Å². The maximum atomic E-state index is 11.6. The Bertz CT molecular complexity index is 523. The smallest absolute Gasteiger partial charge is 0.407 e. The molecule has 0 aromatic heterocycles. The largest absolute Gasteiger partial charge is 0.507 e. The SMILES string of the molecule is Cc1cccc(CNC2CC2NC(=O)OC(C)(C)C)c1O. The van der Waals surface area contributed by atoms with Gasteiger partial charge in [0.25, 0.3) is 0 Å². The van der Waals surface area contributed by atoms with Crippen molar-refractivity contribution in [2.24, 2.45) is 0 Å². The number of phenolic OH excluding ortho intramolecular Hbond substituents is 1. The summed E-state index contributed by atoms with van der Waals surface area (Å²) in [5.74, 6) is 0.335. The molecule has 3 N–H and O–H groups in total. The maximum absolute atomic E-state index is 11.6. The Morgan fingerprint density at radius 2 is 2.10 bits per heavy atom. The molecule has 2 atom stereocenters. The predicted octanol–water partition coefficient (Wildman–Crippen LogP) is 2.46. The molecule has 5 heteroatoms. The Kier molecular flexibility index (Phi) is 4.42. The van der Waals surface area contributed by atoms with Crippen molar-refractivity contribution in [1.29, 1.82) is 0 Å². The normalized spacial score (nSPS) is 21.0. The summed E-state index contributed by atoms with van der Waals surface area (Å²) in [6.45, 7) is 7.99. The second-order valence-corrected chi connectivity index (χ2v) is 6.56. The van der Waals surface area contributed by atoms with Crippen molar-refractivity contribution in [3.05, 3.63) is 29.3 Å². The summed E-state index contributed by atoms with van der Waals surface area (Å²) in [5.41, 5.74) is 1.27. The van der Waals surface area contributed by atoms with Crippen molar-refractivity contribution < 1.29 is 14.6 Å². The molecule has 1 aliphatic rings. The fourth-order valence-electron chi connectivity index (χ4n) is 2.14. The van der Waals surface area contributed by atoms with Gasteiger partial charge < -0.3 is 20.5 Å². The number of hydrogen-bond acceptors (Lipinski definition) is 4. The van der Waals surface area contributed by atoms with Crippen LogP contribution in [0.3, 0.4) is 0 Å². The first-order valence-corrected chi connectivity index (χ1v) is 7.26. The molecule has 1 aromatic carbocycles. The monoisotopic (exact) mass is 292 g/mol. The van der Waals surface area contributed by atoms with E-state index in [9.17, 15) is 9.90 Å². The molecule has 0 heterocycles. The van der Waals surface area contributed by atoms with E-state index in [2.05, 4.69) is 10.6 Å². The van der Waals surface area contributed by atoms with Crippen LogP contribution >= 0.6 is 0 Å². The molecule has 0 bridgehead atoms. The molecule has 21 heavy (non-hydrogen) atoms. The molecule has 0 radical (unpaired) electrons. The van der Waals surface area contributed by atoms with Gasteiger partial charge in [0, 0.05) is 24.2 Å². The van der Waals surface area contributed by atoms with Crippen molar-refractivity contribution in [3.8, 4) is 5.75 Å². The van der Waals surface area contributed by atoms with E-state index in [1.165, 1.54) is 0 Å². The molecule has 0 saturated heterocycles. The lowest BCUT2D eigenvalue weighted by atomic mass is 10.1. The molecule has 0 spiro atoms. The molecule has 116 valence electrons. The highest BCUT2D eigenvalue weighted by Gasteiger charge is 2.38. The molecule has 2 unspecified atom stereocenters. The van der Waals surface area contributed by atoms with Crippen LogP contribution < -0.4 is 10.6 Å². The van der Waals surface area contributed by atoms with Gasteiger partial charge in [-0.15, -0.1) is 0 Å². The van der Waals surface area contributed by atoms with Gasteiger partial charge in [-0.25, -0.2) is 4.79 Å². The molecular weight excluding hydrogens is 268 g/mol. The maximum Gasteiger partial charge on any atom is 0.407 e. The van der Waals surface area contributed by atoms with E-state index in [0.29, 0.717) is 12.3 Å². The topological polar surface area (TPSA) is 70.6 Å². The summed E-state index contributed by atoms with van der Waals surface area (Å²) in [7, 11) is 0. The Hall–Kier alpha value is -1.75. The fraction of sp³-hybridized carbons (Fsp3) is 0.562. The van der Waals surface area contributed by atoms with E-state index in [0.717, 1.165) is 17.5 Å². The van der Waals surface area contributed by atoms with Gasteiger partial charge >= 0.3 is 6.09 Å². The van der Waals surface area contributed by atoms with E-state index in [4.69, 9.17) is 4.74 Å². The average molecular weight is 292 g/mol. The molecule has 1 aliphatic carbocycles. The lowest BCUT2D eigenvalue weighted by molar-refractivity contribution is 0.0522. The summed E-state index contributed by atoms with van der Waals surface area (Å²) in [4.78, 5) is 11.6. The number of phenols is 1. The summed E-state index contributed by atoms with van der Waals surface area (Å²) in [6, 6.07) is 6.04. The average Bonchev–Trinajstić information content (AvgIpc) is 3.07. The van der Waals surface area contributed by atoms with Crippen LogP contribution in [0.1, 0.15) is 38.3 Å². The molecule has 0 aliphatic heterocycles. The first-order chi connectivity index (χ1) is 9.76. The van der Waals surface area contributed by atoms with Gasteiger partial charge in [-0.1, -0.05) is 18.2 Å². The number of rotatable bonds is 4. The molecule has 1 aromatic rings. The van der Waals surface area contributed by atoms with Gasteiger partial charge in [-0.3, -0.25) is 0 Å². The summed E-state index contributed by atoms with van der Waals surface area (Å²) < 4.78 is 5.22. The van der Waals surface area contributed by atoms with E-state index >= 15 is 0 Å². The van der Waals surface area contributed by atoms with Crippen LogP contribution in [0, 0.1) is 6.92 Å². The van der Waals surface area contributed by atoms with E-state index < -0.39 is 5.60 Å². The van der Waals surface area contributed by atoms with Gasteiger partial charge in [0.2, 0.25) is 0 Å². The van der Waals surface area contributed by atoms with Gasteiger partial charge in [0.15, 0.2) is 0 Å². The standard InChI is InChI=1S/C16H24N2O3/c1-10-6-5-7-11(14(10)19)9-17-12-8-13(12)18-15(20)21-16(2,3)4/h5-7,12-13,17,19H,8-9H2,1-4H3,(H,18,20).